The Kier molecular flexibility index (Phi) is 7.89. The summed E-state index contributed by atoms with van der Waals surface area (Å²) in [5.74, 6) is -1.51. The van der Waals surface area contributed by atoms with Crippen molar-refractivity contribution >= 4 is 50.3 Å². The van der Waals surface area contributed by atoms with Crippen LogP contribution in [0.1, 0.15) is 21.5 Å². The molecule has 8 nitrogen and oxygen atoms in total. The number of amides is 2. The van der Waals surface area contributed by atoms with Gasteiger partial charge in [0.15, 0.2) is 9.84 Å². The molecule has 0 saturated carbocycles. The fourth-order valence-corrected chi connectivity index (χ4v) is 6.68. The van der Waals surface area contributed by atoms with E-state index < -0.39 is 39.3 Å². The van der Waals surface area contributed by atoms with Crippen molar-refractivity contribution in [1.82, 2.24) is 4.90 Å². The third-order valence-electron chi connectivity index (χ3n) is 6.97. The maximum absolute atomic E-state index is 13.2. The van der Waals surface area contributed by atoms with Gasteiger partial charge in [-0.15, -0.1) is 0 Å². The molecule has 13 heteroatoms. The second-order valence-electron chi connectivity index (χ2n) is 9.96. The average Bonchev–Trinajstić information content (AvgIpc) is 2.92. The van der Waals surface area contributed by atoms with Gasteiger partial charge >= 0.3 is 6.18 Å². The predicted octanol–water partition coefficient (Wildman–Crippen LogP) is 4.67. The van der Waals surface area contributed by atoms with Gasteiger partial charge in [-0.2, -0.15) is 13.2 Å². The third-order valence-corrected chi connectivity index (χ3v) is 8.82. The number of benzene rings is 3. The summed E-state index contributed by atoms with van der Waals surface area (Å²) < 4.78 is 64.8. The molecule has 1 saturated heterocycles. The van der Waals surface area contributed by atoms with Crippen molar-refractivity contribution in [3.05, 3.63) is 88.4 Å². The summed E-state index contributed by atoms with van der Waals surface area (Å²) in [7, 11) is -3.66. The van der Waals surface area contributed by atoms with Gasteiger partial charge in [0.1, 0.15) is 6.04 Å². The van der Waals surface area contributed by atoms with E-state index in [0.717, 1.165) is 12.1 Å². The van der Waals surface area contributed by atoms with Crippen LogP contribution in [-0.4, -0.2) is 63.1 Å². The number of anilines is 3. The number of alkyl halides is 3. The average molecular weight is 607 g/mol. The molecule has 0 spiro atoms. The molecule has 3 aromatic carbocycles. The highest BCUT2D eigenvalue weighted by atomic mass is 35.5. The van der Waals surface area contributed by atoms with Gasteiger partial charge in [-0.3, -0.25) is 9.59 Å². The third kappa shape index (κ3) is 6.76. The Morgan fingerprint density at radius 1 is 0.951 bits per heavy atom. The van der Waals surface area contributed by atoms with Crippen LogP contribution < -0.4 is 15.5 Å². The Bertz CT molecular complexity index is 1590. The van der Waals surface area contributed by atoms with Gasteiger partial charge in [0.2, 0.25) is 5.91 Å². The highest BCUT2D eigenvalue weighted by molar-refractivity contribution is 7.90. The van der Waals surface area contributed by atoms with Crippen LogP contribution in [0.5, 0.6) is 0 Å². The van der Waals surface area contributed by atoms with Crippen molar-refractivity contribution in [3.8, 4) is 0 Å². The summed E-state index contributed by atoms with van der Waals surface area (Å²) in [6.45, 7) is 1.34. The molecule has 216 valence electrons. The minimum atomic E-state index is -4.43. The predicted molar refractivity (Wildman–Crippen MR) is 151 cm³/mol. The maximum Gasteiger partial charge on any atom is 0.416 e. The number of piperazine rings is 1. The molecular weight excluding hydrogens is 581 g/mol. The van der Waals surface area contributed by atoms with Crippen LogP contribution in [0.2, 0.25) is 5.02 Å². The molecule has 0 bridgehead atoms. The molecule has 2 N–H and O–H groups in total. The molecule has 1 fully saturated rings. The Morgan fingerprint density at radius 3 is 2.39 bits per heavy atom. The summed E-state index contributed by atoms with van der Waals surface area (Å²) in [5.41, 5.74) is 1.40. The van der Waals surface area contributed by atoms with Crippen molar-refractivity contribution < 1.29 is 31.2 Å². The summed E-state index contributed by atoms with van der Waals surface area (Å²) >= 11 is 5.95. The van der Waals surface area contributed by atoms with Crippen LogP contribution in [0.25, 0.3) is 0 Å². The minimum absolute atomic E-state index is 0.264. The number of hydrogen-bond acceptors (Lipinski definition) is 6. The number of carbonyl (C=O) groups excluding carboxylic acids is 2. The molecule has 1 atom stereocenters. The van der Waals surface area contributed by atoms with E-state index in [0.29, 0.717) is 59.4 Å². The number of nitrogens with zero attached hydrogens (tertiary/aromatic N) is 2. The summed E-state index contributed by atoms with van der Waals surface area (Å²) in [4.78, 5) is 29.3. The first kappa shape index (κ1) is 28.7. The van der Waals surface area contributed by atoms with Crippen molar-refractivity contribution in [3.63, 3.8) is 0 Å². The number of hydrogen-bond donors (Lipinski definition) is 2. The minimum Gasteiger partial charge on any atom is -0.371 e. The number of carbonyl (C=O) groups is 2. The monoisotopic (exact) mass is 606 g/mol. The molecule has 0 aliphatic carbocycles. The molecule has 2 heterocycles. The first-order valence-corrected chi connectivity index (χ1v) is 15.0. The summed E-state index contributed by atoms with van der Waals surface area (Å²) in [6.07, 6.45) is -4.43. The Balaban J connectivity index is 1.21. The van der Waals surface area contributed by atoms with E-state index in [9.17, 15) is 31.2 Å². The summed E-state index contributed by atoms with van der Waals surface area (Å²) in [6, 6.07) is 15.3. The molecule has 0 radical (unpaired) electrons. The Hall–Kier alpha value is -3.77. The molecule has 0 aromatic heterocycles. The van der Waals surface area contributed by atoms with E-state index in [-0.39, 0.29) is 11.7 Å². The van der Waals surface area contributed by atoms with E-state index in [1.807, 2.05) is 0 Å². The topological polar surface area (TPSA) is 98.8 Å². The first-order chi connectivity index (χ1) is 19.4. The van der Waals surface area contributed by atoms with Gasteiger partial charge in [0, 0.05) is 42.5 Å². The van der Waals surface area contributed by atoms with Crippen LogP contribution in [-0.2, 0) is 26.6 Å². The molecule has 0 unspecified atom stereocenters. The van der Waals surface area contributed by atoms with E-state index in [4.69, 9.17) is 11.6 Å². The number of fused-ring (bicyclic) bond motifs is 1. The molecule has 2 aliphatic rings. The summed E-state index contributed by atoms with van der Waals surface area (Å²) in [5, 5.41) is 6.07. The van der Waals surface area contributed by atoms with E-state index >= 15 is 0 Å². The largest absolute Gasteiger partial charge is 0.416 e. The fourth-order valence-electron chi connectivity index (χ4n) is 4.92. The lowest BCUT2D eigenvalue weighted by Crippen LogP contribution is -2.49. The second-order valence-corrected chi connectivity index (χ2v) is 12.5. The lowest BCUT2D eigenvalue weighted by Gasteiger charge is -2.36. The highest BCUT2D eigenvalue weighted by Crippen LogP contribution is 2.32. The normalized spacial score (nSPS) is 17.5. The molecule has 41 heavy (non-hydrogen) atoms. The quantitative estimate of drug-likeness (QED) is 0.423. The molecule has 3 aromatic rings. The van der Waals surface area contributed by atoms with Gasteiger partial charge in [0.25, 0.3) is 5.91 Å². The Labute approximate surface area is 240 Å². The number of nitrogens with one attached hydrogen (secondary N) is 2. The number of halogens is 4. The van der Waals surface area contributed by atoms with Crippen LogP contribution in [0.3, 0.4) is 0 Å². The van der Waals surface area contributed by atoms with Gasteiger partial charge in [0.05, 0.1) is 28.4 Å². The van der Waals surface area contributed by atoms with Crippen LogP contribution in [0.15, 0.2) is 66.7 Å². The van der Waals surface area contributed by atoms with E-state index in [1.54, 1.807) is 52.3 Å². The van der Waals surface area contributed by atoms with Gasteiger partial charge in [-0.25, -0.2) is 8.42 Å². The van der Waals surface area contributed by atoms with E-state index in [2.05, 4.69) is 10.6 Å². The van der Waals surface area contributed by atoms with Crippen molar-refractivity contribution in [2.24, 2.45) is 0 Å². The fraction of sp³-hybridized carbons (Fsp3) is 0.286. The number of sulfone groups is 1. The Morgan fingerprint density at radius 2 is 1.68 bits per heavy atom. The lowest BCUT2D eigenvalue weighted by molar-refractivity contribution is -0.137. The highest BCUT2D eigenvalue weighted by Gasteiger charge is 2.33. The zero-order valence-corrected chi connectivity index (χ0v) is 23.2. The van der Waals surface area contributed by atoms with E-state index in [1.165, 1.54) is 12.1 Å². The van der Waals surface area contributed by atoms with Gasteiger partial charge in [-0.1, -0.05) is 29.8 Å². The van der Waals surface area contributed by atoms with Gasteiger partial charge < -0.3 is 20.4 Å². The zero-order chi connectivity index (χ0) is 29.4. The number of rotatable bonds is 6. The SMILES string of the molecule is O=C1Nc2cc(C(=O)N3CCN(c4cccc(C(F)(F)F)c4)CC3)ccc2N[C@@H]1CS(=O)(=O)Cc1cccc(Cl)c1. The molecular formula is C28H26ClF3N4O4S. The maximum atomic E-state index is 13.2. The molecule has 2 amide bonds. The van der Waals surface area contributed by atoms with Crippen LogP contribution in [0.4, 0.5) is 30.2 Å². The van der Waals surface area contributed by atoms with Crippen molar-refractivity contribution in [2.45, 2.75) is 18.0 Å². The van der Waals surface area contributed by atoms with Crippen molar-refractivity contribution in [1.29, 1.82) is 0 Å². The standard InChI is InChI=1S/C28H26ClF3N4O4S/c29-21-5-1-3-18(13-21)16-41(39,40)17-25-26(37)34-24-14-19(7-8-23(24)33-25)27(38)36-11-9-35(10-12-36)22-6-2-4-20(15-22)28(30,31)32/h1-8,13-15,25,33H,9-12,16-17H2,(H,34,37)/t25-/m1/s1. The van der Waals surface area contributed by atoms with Crippen molar-refractivity contribution in [2.75, 3.05) is 47.5 Å². The molecule has 5 rings (SSSR count). The van der Waals surface area contributed by atoms with Crippen LogP contribution in [0, 0.1) is 0 Å². The first-order valence-electron chi connectivity index (χ1n) is 12.8. The smallest absolute Gasteiger partial charge is 0.371 e. The van der Waals surface area contributed by atoms with Crippen LogP contribution >= 0.6 is 11.6 Å². The van der Waals surface area contributed by atoms with Gasteiger partial charge in [-0.05, 0) is 54.1 Å². The lowest BCUT2D eigenvalue weighted by atomic mass is 10.1. The molecule has 2 aliphatic heterocycles. The zero-order valence-electron chi connectivity index (χ0n) is 21.6. The second kappa shape index (κ2) is 11.2.